The Kier molecular flexibility index (Phi) is 4.77. The van der Waals surface area contributed by atoms with E-state index in [9.17, 15) is 0 Å². The number of hydrazine groups is 1. The summed E-state index contributed by atoms with van der Waals surface area (Å²) in [5.41, 5.74) is 7.72. The van der Waals surface area contributed by atoms with Crippen LogP contribution in [0.1, 0.15) is 28.3 Å². The molecular weight excluding hydrogens is 248 g/mol. The van der Waals surface area contributed by atoms with Crippen LogP contribution < -0.4 is 16.0 Å². The van der Waals surface area contributed by atoms with Crippen molar-refractivity contribution < 1.29 is 4.74 Å². The highest BCUT2D eigenvalue weighted by atomic mass is 16.5. The Bertz CT molecular complexity index is 581. The summed E-state index contributed by atoms with van der Waals surface area (Å²) in [5, 5.41) is 0. The van der Waals surface area contributed by atoms with Crippen LogP contribution >= 0.6 is 0 Å². The van der Waals surface area contributed by atoms with Gasteiger partial charge in [-0.15, -0.1) is 0 Å². The topological polar surface area (TPSA) is 47.3 Å². The van der Waals surface area contributed by atoms with E-state index in [1.54, 1.807) is 7.11 Å². The molecule has 0 saturated carbocycles. The maximum absolute atomic E-state index is 5.76. The summed E-state index contributed by atoms with van der Waals surface area (Å²) in [7, 11) is 1.69. The molecule has 20 heavy (non-hydrogen) atoms. The van der Waals surface area contributed by atoms with Crippen molar-refractivity contribution in [3.8, 4) is 5.75 Å². The predicted molar refractivity (Wildman–Crippen MR) is 82.7 cm³/mol. The number of benzene rings is 2. The zero-order valence-corrected chi connectivity index (χ0v) is 12.3. The third kappa shape index (κ3) is 3.38. The highest BCUT2D eigenvalue weighted by Crippen LogP contribution is 2.28. The van der Waals surface area contributed by atoms with Crippen molar-refractivity contribution in [2.24, 2.45) is 5.84 Å². The van der Waals surface area contributed by atoms with E-state index in [2.05, 4.69) is 49.6 Å². The summed E-state index contributed by atoms with van der Waals surface area (Å²) in [6.45, 7) is 4.17. The molecule has 0 aromatic heterocycles. The first kappa shape index (κ1) is 14.6. The number of nitrogens with two attached hydrogens (primary N) is 1. The van der Waals surface area contributed by atoms with Gasteiger partial charge >= 0.3 is 0 Å². The van der Waals surface area contributed by atoms with E-state index in [0.29, 0.717) is 0 Å². The van der Waals surface area contributed by atoms with E-state index in [1.807, 2.05) is 12.1 Å². The lowest BCUT2D eigenvalue weighted by Gasteiger charge is -2.20. The zero-order chi connectivity index (χ0) is 14.5. The van der Waals surface area contributed by atoms with E-state index >= 15 is 0 Å². The Labute approximate surface area is 120 Å². The minimum atomic E-state index is 0.0339. The van der Waals surface area contributed by atoms with Gasteiger partial charge in [0.05, 0.1) is 13.2 Å². The van der Waals surface area contributed by atoms with Gasteiger partial charge in [-0.1, -0.05) is 47.5 Å². The summed E-state index contributed by atoms with van der Waals surface area (Å²) in [6.07, 6.45) is 0.831. The number of rotatable bonds is 5. The maximum Gasteiger partial charge on any atom is 0.123 e. The molecule has 0 fully saturated rings. The first-order valence-electron chi connectivity index (χ1n) is 6.80. The van der Waals surface area contributed by atoms with Crippen LogP contribution in [-0.2, 0) is 6.42 Å². The molecule has 0 spiro atoms. The van der Waals surface area contributed by atoms with Gasteiger partial charge in [0.1, 0.15) is 5.75 Å². The van der Waals surface area contributed by atoms with Gasteiger partial charge in [0.15, 0.2) is 0 Å². The zero-order valence-electron chi connectivity index (χ0n) is 12.3. The molecule has 0 amide bonds. The normalized spacial score (nSPS) is 12.2. The van der Waals surface area contributed by atoms with Gasteiger partial charge in [-0.05, 0) is 31.9 Å². The molecule has 2 aromatic rings. The maximum atomic E-state index is 5.76. The molecule has 2 rings (SSSR count). The fraction of sp³-hybridized carbons (Fsp3) is 0.294. The van der Waals surface area contributed by atoms with Crippen molar-refractivity contribution in [3.05, 3.63) is 64.7 Å². The Balaban J connectivity index is 2.30. The monoisotopic (exact) mass is 270 g/mol. The Hall–Kier alpha value is -1.84. The van der Waals surface area contributed by atoms with Crippen molar-refractivity contribution in [3.63, 3.8) is 0 Å². The molecule has 0 heterocycles. The number of nitrogens with one attached hydrogen (secondary N) is 1. The summed E-state index contributed by atoms with van der Waals surface area (Å²) >= 11 is 0. The van der Waals surface area contributed by atoms with Crippen LogP contribution in [0.25, 0.3) is 0 Å². The highest BCUT2D eigenvalue weighted by molar-refractivity contribution is 5.40. The second kappa shape index (κ2) is 6.55. The number of hydrogen-bond acceptors (Lipinski definition) is 3. The first-order chi connectivity index (χ1) is 9.63. The van der Waals surface area contributed by atoms with Gasteiger partial charge in [0.25, 0.3) is 0 Å². The van der Waals surface area contributed by atoms with Crippen molar-refractivity contribution in [2.75, 3.05) is 7.11 Å². The molecule has 1 atom stereocenters. The minimum absolute atomic E-state index is 0.0339. The van der Waals surface area contributed by atoms with Crippen LogP contribution in [0.15, 0.2) is 42.5 Å². The molecule has 3 nitrogen and oxygen atoms in total. The van der Waals surface area contributed by atoms with E-state index < -0.39 is 0 Å². The highest BCUT2D eigenvalue weighted by Gasteiger charge is 2.15. The van der Waals surface area contributed by atoms with Gasteiger partial charge in [-0.3, -0.25) is 11.3 Å². The molecule has 0 aliphatic heterocycles. The molecule has 0 saturated heterocycles. The van der Waals surface area contributed by atoms with Gasteiger partial charge in [0.2, 0.25) is 0 Å². The Morgan fingerprint density at radius 3 is 2.50 bits per heavy atom. The lowest BCUT2D eigenvalue weighted by Crippen LogP contribution is -2.30. The van der Waals surface area contributed by atoms with Gasteiger partial charge in [-0.2, -0.15) is 0 Å². The fourth-order valence-corrected chi connectivity index (χ4v) is 2.46. The summed E-state index contributed by atoms with van der Waals surface area (Å²) in [5.74, 6) is 6.63. The molecule has 0 aliphatic rings. The average molecular weight is 270 g/mol. The predicted octanol–water partition coefficient (Wildman–Crippen LogP) is 3.06. The van der Waals surface area contributed by atoms with Crippen LogP contribution in [0.3, 0.4) is 0 Å². The molecule has 3 heteroatoms. The number of methoxy groups -OCH3 is 1. The smallest absolute Gasteiger partial charge is 0.123 e. The molecule has 0 aliphatic carbocycles. The summed E-state index contributed by atoms with van der Waals surface area (Å²) in [4.78, 5) is 0. The van der Waals surface area contributed by atoms with E-state index in [4.69, 9.17) is 10.6 Å². The van der Waals surface area contributed by atoms with Gasteiger partial charge in [-0.25, -0.2) is 0 Å². The van der Waals surface area contributed by atoms with Crippen LogP contribution in [0.5, 0.6) is 5.75 Å². The van der Waals surface area contributed by atoms with E-state index in [-0.39, 0.29) is 6.04 Å². The number of ether oxygens (including phenoxy) is 1. The minimum Gasteiger partial charge on any atom is -0.496 e. The second-order valence-electron chi connectivity index (χ2n) is 5.16. The standard InChI is InChI=1S/C17H22N2O/c1-12-5-4-6-14(9-12)11-16(19-18)15-10-13(2)7-8-17(15)20-3/h4-10,16,19H,11,18H2,1-3H3. The molecule has 106 valence electrons. The SMILES string of the molecule is COc1ccc(C)cc1C(Cc1cccc(C)c1)NN. The largest absolute Gasteiger partial charge is 0.496 e. The van der Waals surface area contributed by atoms with Gasteiger partial charge in [0, 0.05) is 5.56 Å². The second-order valence-corrected chi connectivity index (χ2v) is 5.16. The lowest BCUT2D eigenvalue weighted by molar-refractivity contribution is 0.399. The first-order valence-corrected chi connectivity index (χ1v) is 6.80. The third-order valence-electron chi connectivity index (χ3n) is 3.48. The van der Waals surface area contributed by atoms with E-state index in [0.717, 1.165) is 17.7 Å². The average Bonchev–Trinajstić information content (AvgIpc) is 2.45. The van der Waals surface area contributed by atoms with Crippen LogP contribution in [0.4, 0.5) is 0 Å². The van der Waals surface area contributed by atoms with E-state index in [1.165, 1.54) is 16.7 Å². The van der Waals surface area contributed by atoms with Crippen molar-refractivity contribution in [1.29, 1.82) is 0 Å². The summed E-state index contributed by atoms with van der Waals surface area (Å²) in [6, 6.07) is 14.7. The quantitative estimate of drug-likeness (QED) is 0.648. The van der Waals surface area contributed by atoms with Crippen LogP contribution in [-0.4, -0.2) is 7.11 Å². The molecule has 0 radical (unpaired) electrons. The Morgan fingerprint density at radius 2 is 1.85 bits per heavy atom. The van der Waals surface area contributed by atoms with Crippen molar-refractivity contribution in [1.82, 2.24) is 5.43 Å². The molecule has 0 bridgehead atoms. The number of aryl methyl sites for hydroxylation is 2. The van der Waals surface area contributed by atoms with Crippen LogP contribution in [0, 0.1) is 13.8 Å². The number of hydrogen-bond donors (Lipinski definition) is 2. The molecular formula is C17H22N2O. The lowest BCUT2D eigenvalue weighted by atomic mass is 9.96. The molecule has 2 aromatic carbocycles. The molecule has 1 unspecified atom stereocenters. The fourth-order valence-electron chi connectivity index (χ4n) is 2.46. The van der Waals surface area contributed by atoms with Crippen LogP contribution in [0.2, 0.25) is 0 Å². The van der Waals surface area contributed by atoms with Crippen molar-refractivity contribution in [2.45, 2.75) is 26.3 Å². The third-order valence-corrected chi connectivity index (χ3v) is 3.48. The molecule has 3 N–H and O–H groups in total. The summed E-state index contributed by atoms with van der Waals surface area (Å²) < 4.78 is 5.45. The van der Waals surface area contributed by atoms with Gasteiger partial charge < -0.3 is 4.74 Å². The Morgan fingerprint density at radius 1 is 1.10 bits per heavy atom. The van der Waals surface area contributed by atoms with Crippen molar-refractivity contribution >= 4 is 0 Å².